The molecule has 0 spiro atoms. The van der Waals surface area contributed by atoms with E-state index in [1.54, 1.807) is 22.9 Å². The van der Waals surface area contributed by atoms with Gasteiger partial charge in [-0.2, -0.15) is 0 Å². The molecule has 0 saturated heterocycles. The van der Waals surface area contributed by atoms with Crippen molar-refractivity contribution >= 4 is 55.3 Å². The Balaban J connectivity index is 1.43. The highest BCUT2D eigenvalue weighted by atomic mass is 32.2. The summed E-state index contributed by atoms with van der Waals surface area (Å²) in [5.74, 6) is -0.651. The normalized spacial score (nSPS) is 11.1. The molecule has 3 rings (SSSR count). The molecule has 0 aliphatic rings. The lowest BCUT2D eigenvalue weighted by molar-refractivity contribution is -0.385. The number of hydrogen-bond acceptors (Lipinski definition) is 9. The zero-order chi connectivity index (χ0) is 23.1. The fraction of sp³-hybridized carbons (Fsp3) is 0.167. The number of rotatable bonds is 10. The highest BCUT2D eigenvalue weighted by molar-refractivity contribution is 7.89. The van der Waals surface area contributed by atoms with E-state index in [2.05, 4.69) is 20.3 Å². The molecule has 0 bridgehead atoms. The Labute approximate surface area is 190 Å². The summed E-state index contributed by atoms with van der Waals surface area (Å²) in [4.78, 5) is 38.7. The van der Waals surface area contributed by atoms with Crippen LogP contribution in [0.5, 0.6) is 0 Å². The van der Waals surface area contributed by atoms with E-state index >= 15 is 0 Å². The van der Waals surface area contributed by atoms with Crippen molar-refractivity contribution in [3.05, 3.63) is 67.8 Å². The van der Waals surface area contributed by atoms with Crippen LogP contribution < -0.4 is 15.4 Å². The van der Waals surface area contributed by atoms with Crippen LogP contribution in [-0.4, -0.2) is 43.2 Å². The third-order valence-corrected chi connectivity index (χ3v) is 7.07. The van der Waals surface area contributed by atoms with Gasteiger partial charge in [0.1, 0.15) is 0 Å². The molecule has 3 aromatic rings. The molecule has 0 unspecified atom stereocenters. The summed E-state index contributed by atoms with van der Waals surface area (Å²) >= 11 is 2.49. The van der Waals surface area contributed by atoms with Gasteiger partial charge in [-0.15, -0.1) is 22.7 Å². The maximum atomic E-state index is 12.2. The Morgan fingerprint density at radius 3 is 2.66 bits per heavy atom. The summed E-state index contributed by atoms with van der Waals surface area (Å²) in [5.41, 5.74) is 0.126. The van der Waals surface area contributed by atoms with Gasteiger partial charge in [0.05, 0.1) is 26.8 Å². The largest absolute Gasteiger partial charge is 0.354 e. The first kappa shape index (κ1) is 23.5. The first-order chi connectivity index (χ1) is 15.2. The van der Waals surface area contributed by atoms with Crippen LogP contribution in [0.25, 0.3) is 0 Å². The lowest BCUT2D eigenvalue weighted by Crippen LogP contribution is -2.35. The topological polar surface area (TPSA) is 160 Å². The molecule has 2 amide bonds. The number of aromatic nitrogens is 1. The van der Waals surface area contributed by atoms with Crippen LogP contribution in [0.2, 0.25) is 0 Å². The fourth-order valence-electron chi connectivity index (χ4n) is 2.47. The number of thiazole rings is 1. The van der Waals surface area contributed by atoms with E-state index < -0.39 is 14.9 Å². The Morgan fingerprint density at radius 2 is 1.94 bits per heavy atom. The van der Waals surface area contributed by atoms with Gasteiger partial charge in [-0.25, -0.2) is 18.1 Å². The number of nitro groups is 1. The van der Waals surface area contributed by atoms with Gasteiger partial charge >= 0.3 is 0 Å². The van der Waals surface area contributed by atoms with Crippen molar-refractivity contribution in [2.24, 2.45) is 0 Å². The second-order valence-corrected chi connectivity index (χ2v) is 9.83. The quantitative estimate of drug-likeness (QED) is 0.220. The molecule has 0 radical (unpaired) electrons. The molecule has 0 aliphatic heterocycles. The predicted molar refractivity (Wildman–Crippen MR) is 119 cm³/mol. The second kappa shape index (κ2) is 10.4. The van der Waals surface area contributed by atoms with Gasteiger partial charge in [-0.05, 0) is 17.5 Å². The summed E-state index contributed by atoms with van der Waals surface area (Å²) in [6.45, 7) is -0.0882. The average Bonchev–Trinajstić information content (AvgIpc) is 3.44. The fourth-order valence-corrected chi connectivity index (χ4v) is 4.87. The maximum Gasteiger partial charge on any atom is 0.270 e. The van der Waals surface area contributed by atoms with Gasteiger partial charge in [0.15, 0.2) is 5.13 Å². The number of sulfonamides is 1. The maximum absolute atomic E-state index is 12.2. The average molecular weight is 496 g/mol. The second-order valence-electron chi connectivity index (χ2n) is 6.25. The lowest BCUT2D eigenvalue weighted by atomic mass is 10.3. The number of carbonyl (C=O) groups excluding carboxylic acids is 2. The zero-order valence-electron chi connectivity index (χ0n) is 16.3. The van der Waals surface area contributed by atoms with Crippen LogP contribution in [0.15, 0.2) is 52.1 Å². The lowest BCUT2D eigenvalue weighted by Gasteiger charge is -2.08. The summed E-state index contributed by atoms with van der Waals surface area (Å²) in [7, 11) is -3.96. The van der Waals surface area contributed by atoms with Crippen molar-refractivity contribution in [3.63, 3.8) is 0 Å². The summed E-state index contributed by atoms with van der Waals surface area (Å²) in [6, 6.07) is 8.12. The third-order valence-electron chi connectivity index (χ3n) is 3.94. The van der Waals surface area contributed by atoms with Crippen LogP contribution in [-0.2, 0) is 21.2 Å². The summed E-state index contributed by atoms with van der Waals surface area (Å²) in [5, 5.41) is 19.8. The SMILES string of the molecule is O=C(Cc1csc(NC(=O)c2cccs2)n1)NCCNS(=O)(=O)c1cccc([N+](=O)[O-])c1. The van der Waals surface area contributed by atoms with E-state index in [0.717, 1.165) is 6.07 Å². The minimum atomic E-state index is -3.96. The van der Waals surface area contributed by atoms with Crippen molar-refractivity contribution in [1.82, 2.24) is 15.0 Å². The van der Waals surface area contributed by atoms with Crippen molar-refractivity contribution in [3.8, 4) is 0 Å². The van der Waals surface area contributed by atoms with Crippen LogP contribution >= 0.6 is 22.7 Å². The predicted octanol–water partition coefficient (Wildman–Crippen LogP) is 2.00. The highest BCUT2D eigenvalue weighted by Gasteiger charge is 2.17. The molecule has 0 fully saturated rings. The van der Waals surface area contributed by atoms with Gasteiger partial charge in [-0.1, -0.05) is 12.1 Å². The molecule has 168 valence electrons. The standard InChI is InChI=1S/C18H17N5O6S3/c24-16(9-12-11-31-18(21-12)22-17(25)15-5-2-8-30-15)19-6-7-20-32(28,29)14-4-1-3-13(10-14)23(26)27/h1-5,8,10-11,20H,6-7,9H2,(H,19,24)(H,21,22,25). The number of nitrogens with zero attached hydrogens (tertiary/aromatic N) is 2. The van der Waals surface area contributed by atoms with Gasteiger partial charge in [0.25, 0.3) is 11.6 Å². The number of non-ortho nitro benzene ring substituents is 1. The Morgan fingerprint density at radius 1 is 1.12 bits per heavy atom. The van der Waals surface area contributed by atoms with Crippen molar-refractivity contribution in [2.75, 3.05) is 18.4 Å². The molecular formula is C18H17N5O6S3. The molecule has 0 saturated carbocycles. The molecule has 1 aromatic carbocycles. The number of thiophene rings is 1. The Bertz CT molecular complexity index is 1220. The van der Waals surface area contributed by atoms with Gasteiger partial charge < -0.3 is 5.32 Å². The third kappa shape index (κ3) is 6.40. The van der Waals surface area contributed by atoms with Gasteiger partial charge in [0.2, 0.25) is 15.9 Å². The number of nitro benzene ring substituents is 1. The van der Waals surface area contributed by atoms with Crippen LogP contribution in [0, 0.1) is 10.1 Å². The Hall–Kier alpha value is -3.20. The molecular weight excluding hydrogens is 478 g/mol. The summed E-state index contributed by atoms with van der Waals surface area (Å²) in [6.07, 6.45) is -0.0387. The summed E-state index contributed by atoms with van der Waals surface area (Å²) < 4.78 is 26.7. The van der Waals surface area contributed by atoms with E-state index in [1.807, 2.05) is 0 Å². The molecule has 32 heavy (non-hydrogen) atoms. The van der Waals surface area contributed by atoms with E-state index in [-0.39, 0.29) is 41.9 Å². The minimum Gasteiger partial charge on any atom is -0.354 e. The number of carbonyl (C=O) groups is 2. The number of anilines is 1. The van der Waals surface area contributed by atoms with Crippen molar-refractivity contribution in [2.45, 2.75) is 11.3 Å². The molecule has 0 atom stereocenters. The first-order valence-corrected chi connectivity index (χ1v) is 12.3. The smallest absolute Gasteiger partial charge is 0.270 e. The van der Waals surface area contributed by atoms with Crippen molar-refractivity contribution < 1.29 is 22.9 Å². The molecule has 14 heteroatoms. The van der Waals surface area contributed by atoms with E-state index in [1.165, 1.54) is 40.9 Å². The van der Waals surface area contributed by atoms with E-state index in [4.69, 9.17) is 0 Å². The van der Waals surface area contributed by atoms with Crippen molar-refractivity contribution in [1.29, 1.82) is 0 Å². The van der Waals surface area contributed by atoms with Gasteiger partial charge in [0, 0.05) is 30.6 Å². The zero-order valence-corrected chi connectivity index (χ0v) is 18.8. The van der Waals surface area contributed by atoms with Gasteiger partial charge in [-0.3, -0.25) is 25.0 Å². The molecule has 3 N–H and O–H groups in total. The molecule has 0 aliphatic carbocycles. The van der Waals surface area contributed by atoms with Crippen LogP contribution in [0.3, 0.4) is 0 Å². The Kier molecular flexibility index (Phi) is 7.63. The number of hydrogen-bond donors (Lipinski definition) is 3. The number of amides is 2. The first-order valence-electron chi connectivity index (χ1n) is 9.05. The van der Waals surface area contributed by atoms with E-state index in [9.17, 15) is 28.1 Å². The monoisotopic (exact) mass is 495 g/mol. The minimum absolute atomic E-state index is 0.0130. The van der Waals surface area contributed by atoms with Crippen LogP contribution in [0.4, 0.5) is 10.8 Å². The molecule has 11 nitrogen and oxygen atoms in total. The highest BCUT2D eigenvalue weighted by Crippen LogP contribution is 2.19. The molecule has 2 aromatic heterocycles. The van der Waals surface area contributed by atoms with Crippen LogP contribution in [0.1, 0.15) is 15.4 Å². The number of nitrogens with one attached hydrogen (secondary N) is 3. The molecule has 2 heterocycles. The van der Waals surface area contributed by atoms with E-state index in [0.29, 0.717) is 15.7 Å². The number of benzene rings is 1.